The summed E-state index contributed by atoms with van der Waals surface area (Å²) in [7, 11) is -9.82. The Morgan fingerprint density at radius 1 is 1.18 bits per heavy atom. The molecule has 0 unspecified atom stereocenters. The molecule has 2 heterocycles. The molecule has 0 radical (unpaired) electrons. The standard InChI is InChI=1S/C21H23F5N4O2S/c1-12(14-5-4-6-16(7-14)33(22,23,24,25)26)27-20-17-11-30(15-9-21(3,32)10-15)19(31)8-18(17)28-13(2)29-20/h4-8,11-12,15,32H,9-10H2,1-3H3,(H,27,28,29)/t12-,15?,21?/m1/s1. The van der Waals surface area contributed by atoms with Gasteiger partial charge < -0.3 is 15.0 Å². The maximum Gasteiger partial charge on any atom is 0.310 e. The third-order valence-electron chi connectivity index (χ3n) is 5.77. The molecule has 1 saturated carbocycles. The number of aryl methyl sites for hydroxylation is 1. The summed E-state index contributed by atoms with van der Waals surface area (Å²) < 4.78 is 67.7. The third kappa shape index (κ3) is 4.81. The molecule has 4 rings (SSSR count). The Morgan fingerprint density at radius 2 is 1.85 bits per heavy atom. The average Bonchev–Trinajstić information content (AvgIpc) is 2.64. The largest absolute Gasteiger partial charge is 0.390 e. The van der Waals surface area contributed by atoms with E-state index in [2.05, 4.69) is 15.3 Å². The topological polar surface area (TPSA) is 80.0 Å². The predicted molar refractivity (Wildman–Crippen MR) is 117 cm³/mol. The number of rotatable bonds is 5. The molecule has 180 valence electrons. The van der Waals surface area contributed by atoms with Crippen LogP contribution < -0.4 is 10.9 Å². The Balaban J connectivity index is 1.72. The van der Waals surface area contributed by atoms with Crippen molar-refractivity contribution in [2.45, 2.75) is 56.2 Å². The van der Waals surface area contributed by atoms with Gasteiger partial charge in [0.1, 0.15) is 16.5 Å². The molecule has 0 spiro atoms. The zero-order chi connectivity index (χ0) is 24.5. The van der Waals surface area contributed by atoms with E-state index < -0.39 is 26.8 Å². The average molecular weight is 490 g/mol. The summed E-state index contributed by atoms with van der Waals surface area (Å²) >= 11 is 0. The van der Waals surface area contributed by atoms with Gasteiger partial charge in [-0.05, 0) is 51.3 Å². The Bertz CT molecular complexity index is 1320. The van der Waals surface area contributed by atoms with Gasteiger partial charge in [0.2, 0.25) is 0 Å². The van der Waals surface area contributed by atoms with E-state index in [1.54, 1.807) is 20.0 Å². The SMILES string of the molecule is Cc1nc(N[C@H](C)c2cccc(S(F)(F)(F)(F)F)c2)c2cn(C3CC(C)(O)C3)c(=O)cc2n1. The number of halogens is 5. The van der Waals surface area contributed by atoms with Crippen molar-refractivity contribution in [3.63, 3.8) is 0 Å². The third-order valence-corrected chi connectivity index (χ3v) is 6.92. The first-order chi connectivity index (χ1) is 14.9. The number of aliphatic hydroxyl groups is 1. The molecular formula is C21H23F5N4O2S. The number of nitrogens with one attached hydrogen (secondary N) is 1. The molecule has 2 aromatic heterocycles. The molecule has 1 aliphatic rings. The van der Waals surface area contributed by atoms with Gasteiger partial charge in [-0.2, -0.15) is 0 Å². The second-order valence-corrected chi connectivity index (χ2v) is 11.3. The lowest BCUT2D eigenvalue weighted by atomic mass is 9.77. The molecule has 1 aliphatic carbocycles. The molecule has 3 aromatic rings. The zero-order valence-electron chi connectivity index (χ0n) is 18.0. The van der Waals surface area contributed by atoms with Crippen LogP contribution in [0.25, 0.3) is 10.9 Å². The molecule has 0 aliphatic heterocycles. The van der Waals surface area contributed by atoms with Crippen LogP contribution in [0.15, 0.2) is 46.2 Å². The van der Waals surface area contributed by atoms with Crippen molar-refractivity contribution in [3.05, 3.63) is 58.3 Å². The summed E-state index contributed by atoms with van der Waals surface area (Å²) in [5.74, 6) is 0.573. The number of hydrogen-bond donors (Lipinski definition) is 2. The molecule has 2 N–H and O–H groups in total. The van der Waals surface area contributed by atoms with Crippen molar-refractivity contribution >= 4 is 26.9 Å². The highest BCUT2D eigenvalue weighted by Gasteiger charge is 2.65. The predicted octanol–water partition coefficient (Wildman–Crippen LogP) is 6.02. The molecule has 12 heteroatoms. The number of nitrogens with zero attached hydrogens (tertiary/aromatic N) is 3. The van der Waals surface area contributed by atoms with E-state index >= 15 is 0 Å². The van der Waals surface area contributed by atoms with E-state index in [0.717, 1.165) is 6.07 Å². The van der Waals surface area contributed by atoms with Crippen LogP contribution in [0.2, 0.25) is 0 Å². The number of anilines is 1. The smallest absolute Gasteiger partial charge is 0.310 e. The number of hydrogen-bond acceptors (Lipinski definition) is 5. The van der Waals surface area contributed by atoms with Crippen molar-refractivity contribution in [3.8, 4) is 0 Å². The molecule has 1 aromatic carbocycles. The lowest BCUT2D eigenvalue weighted by Gasteiger charge is -2.41. The van der Waals surface area contributed by atoms with E-state index in [0.29, 0.717) is 41.7 Å². The number of benzene rings is 1. The molecule has 0 bridgehead atoms. The molecule has 6 nitrogen and oxygen atoms in total. The van der Waals surface area contributed by atoms with Crippen LogP contribution in [0.4, 0.5) is 25.2 Å². The van der Waals surface area contributed by atoms with Crippen molar-refractivity contribution in [2.75, 3.05) is 5.32 Å². The summed E-state index contributed by atoms with van der Waals surface area (Å²) in [5.41, 5.74) is -0.825. The van der Waals surface area contributed by atoms with Crippen molar-refractivity contribution in [2.24, 2.45) is 0 Å². The van der Waals surface area contributed by atoms with Crippen LogP contribution in [0, 0.1) is 6.92 Å². The minimum Gasteiger partial charge on any atom is -0.390 e. The highest BCUT2D eigenvalue weighted by Crippen LogP contribution is 3.02. The van der Waals surface area contributed by atoms with Gasteiger partial charge in [-0.3, -0.25) is 4.79 Å². The first-order valence-electron chi connectivity index (χ1n) is 10.2. The summed E-state index contributed by atoms with van der Waals surface area (Å²) in [6, 6.07) is 3.35. The van der Waals surface area contributed by atoms with Gasteiger partial charge in [0.05, 0.1) is 22.5 Å². The van der Waals surface area contributed by atoms with Crippen molar-refractivity contribution < 1.29 is 24.5 Å². The minimum atomic E-state index is -9.82. The Morgan fingerprint density at radius 3 is 2.45 bits per heavy atom. The van der Waals surface area contributed by atoms with Crippen LogP contribution in [0.3, 0.4) is 0 Å². The maximum absolute atomic E-state index is 13.2. The molecule has 0 amide bonds. The van der Waals surface area contributed by atoms with Gasteiger partial charge >= 0.3 is 10.2 Å². The quantitative estimate of drug-likeness (QED) is 0.428. The van der Waals surface area contributed by atoms with Gasteiger partial charge in [-0.25, -0.2) is 9.97 Å². The van der Waals surface area contributed by atoms with Gasteiger partial charge in [0, 0.05) is 18.3 Å². The van der Waals surface area contributed by atoms with E-state index in [1.807, 2.05) is 0 Å². The van der Waals surface area contributed by atoms with Crippen LogP contribution in [0.5, 0.6) is 0 Å². The lowest BCUT2D eigenvalue weighted by Crippen LogP contribution is -2.44. The van der Waals surface area contributed by atoms with E-state index in [-0.39, 0.29) is 23.0 Å². The van der Waals surface area contributed by atoms with Crippen molar-refractivity contribution in [1.82, 2.24) is 14.5 Å². The molecule has 1 fully saturated rings. The van der Waals surface area contributed by atoms with Gasteiger partial charge in [0.15, 0.2) is 0 Å². The monoisotopic (exact) mass is 490 g/mol. The van der Waals surface area contributed by atoms with E-state index in [1.165, 1.54) is 23.6 Å². The molecular weight excluding hydrogens is 467 g/mol. The van der Waals surface area contributed by atoms with Crippen LogP contribution >= 0.6 is 10.2 Å². The van der Waals surface area contributed by atoms with Crippen LogP contribution in [-0.2, 0) is 0 Å². The highest BCUT2D eigenvalue weighted by atomic mass is 32.5. The second kappa shape index (κ2) is 6.66. The number of pyridine rings is 1. The lowest BCUT2D eigenvalue weighted by molar-refractivity contribution is -0.0517. The minimum absolute atomic E-state index is 0.00599. The first kappa shape index (κ1) is 23.4. The van der Waals surface area contributed by atoms with E-state index in [4.69, 9.17) is 0 Å². The van der Waals surface area contributed by atoms with Crippen LogP contribution in [-0.4, -0.2) is 25.2 Å². The fraction of sp³-hybridized carbons (Fsp3) is 0.381. The summed E-state index contributed by atoms with van der Waals surface area (Å²) in [4.78, 5) is 19.2. The first-order valence-corrected chi connectivity index (χ1v) is 12.1. The van der Waals surface area contributed by atoms with E-state index in [9.17, 15) is 29.3 Å². The molecule has 33 heavy (non-hydrogen) atoms. The van der Waals surface area contributed by atoms with Crippen molar-refractivity contribution in [1.29, 1.82) is 0 Å². The zero-order valence-corrected chi connectivity index (χ0v) is 18.8. The fourth-order valence-electron chi connectivity index (χ4n) is 4.09. The Kier molecular flexibility index (Phi) is 4.73. The number of aromatic nitrogens is 3. The van der Waals surface area contributed by atoms with Crippen LogP contribution in [0.1, 0.15) is 50.2 Å². The highest BCUT2D eigenvalue weighted by molar-refractivity contribution is 8.45. The number of fused-ring (bicyclic) bond motifs is 1. The maximum atomic E-state index is 13.2. The fourth-order valence-corrected chi connectivity index (χ4v) is 4.79. The summed E-state index contributed by atoms with van der Waals surface area (Å²) in [5, 5.41) is 13.4. The van der Waals surface area contributed by atoms with Gasteiger partial charge in [-0.15, -0.1) is 0 Å². The van der Waals surface area contributed by atoms with Gasteiger partial charge in [-0.1, -0.05) is 31.6 Å². The normalized spacial score (nSPS) is 24.0. The summed E-state index contributed by atoms with van der Waals surface area (Å²) in [6.07, 6.45) is 2.34. The second-order valence-electron chi connectivity index (χ2n) is 8.90. The molecule has 0 saturated heterocycles. The Hall–Kier alpha value is -2.73. The Labute approximate surface area is 186 Å². The molecule has 1 atom stereocenters. The van der Waals surface area contributed by atoms with Gasteiger partial charge in [0.25, 0.3) is 5.56 Å². The summed E-state index contributed by atoms with van der Waals surface area (Å²) in [6.45, 7) is 4.79.